The molecule has 1 saturated heterocycles. The van der Waals surface area contributed by atoms with E-state index >= 15 is 0 Å². The summed E-state index contributed by atoms with van der Waals surface area (Å²) >= 11 is 6.53. The standard InChI is InChI=1S/C18H17N3O3S2/c1-11-3-5-13(6-4-11)10-14-17(23)21(18(25)26-14)8-7-16(22)19-15-9-12(2)24-20-15/h3-6,9-10H,7-8H2,1-2H3,(H,19,20,22)/b14-10-. The molecule has 8 heteroatoms. The third kappa shape index (κ3) is 4.39. The minimum Gasteiger partial charge on any atom is -0.360 e. The first-order chi connectivity index (χ1) is 12.4. The molecule has 1 fully saturated rings. The highest BCUT2D eigenvalue weighted by molar-refractivity contribution is 8.26. The van der Waals surface area contributed by atoms with Gasteiger partial charge in [0.25, 0.3) is 5.91 Å². The lowest BCUT2D eigenvalue weighted by atomic mass is 10.1. The number of rotatable bonds is 5. The summed E-state index contributed by atoms with van der Waals surface area (Å²) in [6.07, 6.45) is 1.94. The van der Waals surface area contributed by atoms with E-state index in [0.717, 1.165) is 11.1 Å². The lowest BCUT2D eigenvalue weighted by Gasteiger charge is -2.13. The average Bonchev–Trinajstić information content (AvgIpc) is 3.11. The minimum atomic E-state index is -0.255. The molecule has 0 radical (unpaired) electrons. The lowest BCUT2D eigenvalue weighted by Crippen LogP contribution is -2.31. The predicted octanol–water partition coefficient (Wildman–Crippen LogP) is 3.52. The van der Waals surface area contributed by atoms with Crippen LogP contribution in [-0.4, -0.2) is 32.7 Å². The van der Waals surface area contributed by atoms with Gasteiger partial charge in [-0.05, 0) is 25.5 Å². The van der Waals surface area contributed by atoms with E-state index < -0.39 is 0 Å². The molecule has 1 aromatic heterocycles. The summed E-state index contributed by atoms with van der Waals surface area (Å²) in [6.45, 7) is 3.97. The zero-order valence-electron chi connectivity index (χ0n) is 14.3. The summed E-state index contributed by atoms with van der Waals surface area (Å²) in [5.41, 5.74) is 2.10. The summed E-state index contributed by atoms with van der Waals surface area (Å²) in [5.74, 6) is 0.538. The molecule has 26 heavy (non-hydrogen) atoms. The molecule has 1 aromatic carbocycles. The van der Waals surface area contributed by atoms with Crippen LogP contribution in [0.25, 0.3) is 6.08 Å². The van der Waals surface area contributed by atoms with Crippen molar-refractivity contribution < 1.29 is 14.1 Å². The molecule has 0 saturated carbocycles. The number of carbonyl (C=O) groups is 2. The van der Waals surface area contributed by atoms with Gasteiger partial charge >= 0.3 is 0 Å². The molecular weight excluding hydrogens is 370 g/mol. The number of thioether (sulfide) groups is 1. The van der Waals surface area contributed by atoms with Crippen molar-refractivity contribution in [3.05, 3.63) is 52.1 Å². The number of benzene rings is 1. The van der Waals surface area contributed by atoms with Crippen molar-refractivity contribution in [3.63, 3.8) is 0 Å². The second kappa shape index (κ2) is 7.84. The zero-order valence-corrected chi connectivity index (χ0v) is 15.9. The smallest absolute Gasteiger partial charge is 0.266 e. The largest absolute Gasteiger partial charge is 0.360 e. The van der Waals surface area contributed by atoms with Gasteiger partial charge in [0.05, 0.1) is 4.91 Å². The molecule has 6 nitrogen and oxygen atoms in total. The van der Waals surface area contributed by atoms with Gasteiger partial charge in [-0.25, -0.2) is 0 Å². The number of nitrogens with one attached hydrogen (secondary N) is 1. The summed E-state index contributed by atoms with van der Waals surface area (Å²) < 4.78 is 5.35. The lowest BCUT2D eigenvalue weighted by molar-refractivity contribution is -0.122. The highest BCUT2D eigenvalue weighted by Gasteiger charge is 2.32. The Labute approximate surface area is 160 Å². The fraction of sp³-hybridized carbons (Fsp3) is 0.222. The molecule has 0 bridgehead atoms. The van der Waals surface area contributed by atoms with E-state index in [1.165, 1.54) is 16.7 Å². The Kier molecular flexibility index (Phi) is 5.53. The first-order valence-electron chi connectivity index (χ1n) is 7.97. The summed E-state index contributed by atoms with van der Waals surface area (Å²) in [5, 5.41) is 6.33. The summed E-state index contributed by atoms with van der Waals surface area (Å²) in [6, 6.07) is 9.51. The molecule has 0 spiro atoms. The number of aromatic nitrogens is 1. The quantitative estimate of drug-likeness (QED) is 0.625. The number of hydrogen-bond acceptors (Lipinski definition) is 6. The van der Waals surface area contributed by atoms with Gasteiger partial charge in [0, 0.05) is 19.0 Å². The van der Waals surface area contributed by atoms with E-state index in [0.29, 0.717) is 20.8 Å². The second-order valence-corrected chi connectivity index (χ2v) is 7.54. The van der Waals surface area contributed by atoms with Crippen LogP contribution < -0.4 is 5.32 Å². The van der Waals surface area contributed by atoms with Crippen molar-refractivity contribution in [2.75, 3.05) is 11.9 Å². The monoisotopic (exact) mass is 387 g/mol. The van der Waals surface area contributed by atoms with E-state index in [-0.39, 0.29) is 24.8 Å². The van der Waals surface area contributed by atoms with Crippen LogP contribution in [0.1, 0.15) is 23.3 Å². The molecule has 0 atom stereocenters. The van der Waals surface area contributed by atoms with Gasteiger partial charge in [-0.1, -0.05) is 59.0 Å². The van der Waals surface area contributed by atoms with Crippen LogP contribution in [0.5, 0.6) is 0 Å². The molecule has 0 unspecified atom stereocenters. The highest BCUT2D eigenvalue weighted by atomic mass is 32.2. The van der Waals surface area contributed by atoms with Gasteiger partial charge in [-0.2, -0.15) is 0 Å². The van der Waals surface area contributed by atoms with Crippen molar-refractivity contribution in [2.24, 2.45) is 0 Å². The predicted molar refractivity (Wildman–Crippen MR) is 106 cm³/mol. The van der Waals surface area contributed by atoms with Crippen LogP contribution >= 0.6 is 24.0 Å². The van der Waals surface area contributed by atoms with Crippen molar-refractivity contribution in [1.82, 2.24) is 10.1 Å². The van der Waals surface area contributed by atoms with Gasteiger partial charge in [0.2, 0.25) is 5.91 Å². The van der Waals surface area contributed by atoms with Crippen LogP contribution in [0.2, 0.25) is 0 Å². The minimum absolute atomic E-state index is 0.121. The van der Waals surface area contributed by atoms with Gasteiger partial charge in [0.15, 0.2) is 5.82 Å². The molecule has 0 aliphatic carbocycles. The summed E-state index contributed by atoms with van der Waals surface area (Å²) in [7, 11) is 0. The SMILES string of the molecule is Cc1ccc(/C=C2\SC(=S)N(CCC(=O)Nc3cc(C)on3)C2=O)cc1. The van der Waals surface area contributed by atoms with E-state index in [1.807, 2.05) is 37.3 Å². The maximum absolute atomic E-state index is 12.6. The van der Waals surface area contributed by atoms with E-state index in [2.05, 4.69) is 10.5 Å². The first kappa shape index (κ1) is 18.3. The number of hydrogen-bond donors (Lipinski definition) is 1. The Balaban J connectivity index is 1.60. The molecule has 1 N–H and O–H groups in total. The maximum atomic E-state index is 12.6. The molecule has 2 amide bonds. The molecule has 3 rings (SSSR count). The van der Waals surface area contributed by atoms with Gasteiger partial charge in [-0.3, -0.25) is 14.5 Å². The first-order valence-corrected chi connectivity index (χ1v) is 9.20. The van der Waals surface area contributed by atoms with E-state index in [4.69, 9.17) is 16.7 Å². The molecule has 2 aromatic rings. The van der Waals surface area contributed by atoms with Crippen molar-refractivity contribution in [3.8, 4) is 0 Å². The Morgan fingerprint density at radius 2 is 2.08 bits per heavy atom. The molecule has 134 valence electrons. The summed E-state index contributed by atoms with van der Waals surface area (Å²) in [4.78, 5) is 26.6. The van der Waals surface area contributed by atoms with Crippen LogP contribution in [0.15, 0.2) is 39.8 Å². The van der Waals surface area contributed by atoms with Crippen molar-refractivity contribution in [2.45, 2.75) is 20.3 Å². The number of nitrogens with zero attached hydrogens (tertiary/aromatic N) is 2. The number of anilines is 1. The Morgan fingerprint density at radius 3 is 2.73 bits per heavy atom. The number of aryl methyl sites for hydroxylation is 2. The zero-order chi connectivity index (χ0) is 18.7. The second-order valence-electron chi connectivity index (χ2n) is 5.87. The number of carbonyl (C=O) groups excluding carboxylic acids is 2. The molecular formula is C18H17N3O3S2. The number of amides is 2. The normalized spacial score (nSPS) is 15.8. The van der Waals surface area contributed by atoms with Crippen molar-refractivity contribution in [1.29, 1.82) is 0 Å². The van der Waals surface area contributed by atoms with Crippen molar-refractivity contribution >= 4 is 52.0 Å². The Bertz CT molecular complexity index is 887. The van der Waals surface area contributed by atoms with Gasteiger partial charge < -0.3 is 9.84 Å². The molecule has 2 heterocycles. The Morgan fingerprint density at radius 1 is 1.35 bits per heavy atom. The van der Waals surface area contributed by atoms with Crippen LogP contribution in [-0.2, 0) is 9.59 Å². The number of thiocarbonyl (C=S) groups is 1. The molecule has 1 aliphatic heterocycles. The molecule has 1 aliphatic rings. The third-order valence-electron chi connectivity index (χ3n) is 3.71. The van der Waals surface area contributed by atoms with E-state index in [9.17, 15) is 9.59 Å². The van der Waals surface area contributed by atoms with Gasteiger partial charge in [0.1, 0.15) is 10.1 Å². The average molecular weight is 387 g/mol. The Hall–Kier alpha value is -2.45. The fourth-order valence-corrected chi connectivity index (χ4v) is 3.66. The van der Waals surface area contributed by atoms with Crippen LogP contribution in [0, 0.1) is 13.8 Å². The van der Waals surface area contributed by atoms with E-state index in [1.54, 1.807) is 13.0 Å². The fourth-order valence-electron chi connectivity index (χ4n) is 2.35. The topological polar surface area (TPSA) is 75.4 Å². The highest BCUT2D eigenvalue weighted by Crippen LogP contribution is 2.32. The van der Waals surface area contributed by atoms with Crippen LogP contribution in [0.4, 0.5) is 5.82 Å². The maximum Gasteiger partial charge on any atom is 0.266 e. The third-order valence-corrected chi connectivity index (χ3v) is 5.08. The van der Waals surface area contributed by atoms with Gasteiger partial charge in [-0.15, -0.1) is 0 Å². The van der Waals surface area contributed by atoms with Crippen LogP contribution in [0.3, 0.4) is 0 Å².